The molecule has 0 spiro atoms. The first-order valence-corrected chi connectivity index (χ1v) is 10.9. The Morgan fingerprint density at radius 1 is 1.32 bits per heavy atom. The molecule has 1 atom stereocenters. The van der Waals surface area contributed by atoms with Gasteiger partial charge in [0.15, 0.2) is 5.82 Å². The second-order valence-electron chi connectivity index (χ2n) is 9.32. The second-order valence-corrected chi connectivity index (χ2v) is 10.4. The van der Waals surface area contributed by atoms with Gasteiger partial charge in [-0.25, -0.2) is 4.79 Å². The molecule has 1 aliphatic heterocycles. The van der Waals surface area contributed by atoms with E-state index in [0.29, 0.717) is 24.0 Å². The van der Waals surface area contributed by atoms with Crippen LogP contribution in [0.1, 0.15) is 60.1 Å². The zero-order valence-electron chi connectivity index (χ0n) is 17.8. The van der Waals surface area contributed by atoms with E-state index >= 15 is 0 Å². The predicted octanol–water partition coefficient (Wildman–Crippen LogP) is 4.29. The maximum Gasteiger partial charge on any atom is 0.410 e. The highest BCUT2D eigenvalue weighted by molar-refractivity contribution is 7.99. The van der Waals surface area contributed by atoms with Crippen LogP contribution in [0, 0.1) is 5.92 Å². The third-order valence-electron chi connectivity index (χ3n) is 4.27. The lowest BCUT2D eigenvalue weighted by molar-refractivity contribution is -0.113. The highest BCUT2D eigenvalue weighted by Gasteiger charge is 2.27. The summed E-state index contributed by atoms with van der Waals surface area (Å²) in [6.45, 7) is 13.1. The molecule has 1 aromatic heterocycles. The summed E-state index contributed by atoms with van der Waals surface area (Å²) in [5, 5.41) is 6.68. The molecule has 0 aliphatic carbocycles. The number of rotatable bonds is 5. The molecule has 1 aliphatic rings. The lowest BCUT2D eigenvalue weighted by Crippen LogP contribution is -2.43. The summed E-state index contributed by atoms with van der Waals surface area (Å²) < 4.78 is 10.7. The molecule has 0 aromatic carbocycles. The van der Waals surface area contributed by atoms with Crippen molar-refractivity contribution in [2.24, 2.45) is 5.92 Å². The standard InChI is InChI=1S/C20H33N3O4S/c1-19(2,3)15-10-16(22-27-15)21-17(24)13-28-12-14-8-7-9-23(11-14)18(25)26-20(4,5)6/h10,14H,7-9,11-13H2,1-6H3,(H,21,22,24). The third-order valence-corrected chi connectivity index (χ3v) is 5.45. The van der Waals surface area contributed by atoms with Gasteiger partial charge in [0, 0.05) is 24.6 Å². The Labute approximate surface area is 171 Å². The number of piperidine rings is 1. The van der Waals surface area contributed by atoms with Crippen molar-refractivity contribution in [3.05, 3.63) is 11.8 Å². The van der Waals surface area contributed by atoms with Gasteiger partial charge in [0.2, 0.25) is 5.91 Å². The number of hydrogen-bond acceptors (Lipinski definition) is 6. The minimum atomic E-state index is -0.481. The molecule has 7 nitrogen and oxygen atoms in total. The number of thioether (sulfide) groups is 1. The fourth-order valence-corrected chi connectivity index (χ4v) is 3.86. The summed E-state index contributed by atoms with van der Waals surface area (Å²) in [4.78, 5) is 26.2. The van der Waals surface area contributed by atoms with E-state index in [1.165, 1.54) is 0 Å². The number of likely N-dealkylation sites (tertiary alicyclic amines) is 1. The number of nitrogens with zero attached hydrogens (tertiary/aromatic N) is 2. The van der Waals surface area contributed by atoms with Gasteiger partial charge >= 0.3 is 6.09 Å². The van der Waals surface area contributed by atoms with E-state index in [0.717, 1.165) is 30.9 Å². The minimum absolute atomic E-state index is 0.0985. The number of aromatic nitrogens is 1. The molecule has 2 amide bonds. The largest absolute Gasteiger partial charge is 0.444 e. The van der Waals surface area contributed by atoms with Gasteiger partial charge < -0.3 is 19.5 Å². The van der Waals surface area contributed by atoms with Gasteiger partial charge in [-0.2, -0.15) is 11.8 Å². The molecule has 1 saturated heterocycles. The average molecular weight is 412 g/mol. The molecule has 1 aromatic rings. The summed E-state index contributed by atoms with van der Waals surface area (Å²) in [5.74, 6) is 2.64. The zero-order valence-corrected chi connectivity index (χ0v) is 18.6. The van der Waals surface area contributed by atoms with Crippen LogP contribution in [0.2, 0.25) is 0 Å². The molecule has 0 bridgehead atoms. The van der Waals surface area contributed by atoms with Gasteiger partial charge in [-0.15, -0.1) is 0 Å². The Bertz CT molecular complexity index is 676. The fraction of sp³-hybridized carbons (Fsp3) is 0.750. The quantitative estimate of drug-likeness (QED) is 0.778. The van der Waals surface area contributed by atoms with Crippen LogP contribution in [0.3, 0.4) is 0 Å². The van der Waals surface area contributed by atoms with Gasteiger partial charge in [0.1, 0.15) is 11.4 Å². The Morgan fingerprint density at radius 3 is 2.64 bits per heavy atom. The van der Waals surface area contributed by atoms with Crippen molar-refractivity contribution in [3.8, 4) is 0 Å². The first kappa shape index (κ1) is 22.6. The topological polar surface area (TPSA) is 84.7 Å². The first-order valence-electron chi connectivity index (χ1n) is 9.77. The Hall–Kier alpha value is -1.70. The Balaban J connectivity index is 1.73. The van der Waals surface area contributed by atoms with E-state index < -0.39 is 5.60 Å². The highest BCUT2D eigenvalue weighted by Crippen LogP contribution is 2.25. The van der Waals surface area contributed by atoms with E-state index in [1.807, 2.05) is 41.5 Å². The summed E-state index contributed by atoms with van der Waals surface area (Å²) in [5.41, 5.74) is -0.628. The summed E-state index contributed by atoms with van der Waals surface area (Å²) in [7, 11) is 0. The van der Waals surface area contributed by atoms with Crippen LogP contribution in [-0.4, -0.2) is 52.3 Å². The lowest BCUT2D eigenvalue weighted by Gasteiger charge is -2.34. The van der Waals surface area contributed by atoms with Crippen LogP contribution < -0.4 is 5.32 Å². The van der Waals surface area contributed by atoms with Crippen LogP contribution >= 0.6 is 11.8 Å². The number of hydrogen-bond donors (Lipinski definition) is 1. The average Bonchev–Trinajstić information content (AvgIpc) is 3.02. The van der Waals surface area contributed by atoms with Crippen LogP contribution in [0.15, 0.2) is 10.6 Å². The molecule has 8 heteroatoms. The van der Waals surface area contributed by atoms with Crippen LogP contribution in [-0.2, 0) is 14.9 Å². The number of nitrogens with one attached hydrogen (secondary N) is 1. The highest BCUT2D eigenvalue weighted by atomic mass is 32.2. The maximum atomic E-state index is 12.2. The number of amides is 2. The van der Waals surface area contributed by atoms with E-state index in [2.05, 4.69) is 10.5 Å². The van der Waals surface area contributed by atoms with Gasteiger partial charge in [-0.05, 0) is 45.3 Å². The van der Waals surface area contributed by atoms with Crippen molar-refractivity contribution in [1.82, 2.24) is 10.1 Å². The lowest BCUT2D eigenvalue weighted by atomic mass is 9.93. The number of carbonyl (C=O) groups excluding carboxylic acids is 2. The molecule has 1 unspecified atom stereocenters. The normalized spacial score (nSPS) is 18.1. The second kappa shape index (κ2) is 9.20. The molecule has 2 rings (SSSR count). The monoisotopic (exact) mass is 411 g/mol. The van der Waals surface area contributed by atoms with Crippen molar-refractivity contribution in [1.29, 1.82) is 0 Å². The molecule has 2 heterocycles. The van der Waals surface area contributed by atoms with Gasteiger partial charge in [-0.3, -0.25) is 4.79 Å². The molecule has 158 valence electrons. The van der Waals surface area contributed by atoms with Crippen molar-refractivity contribution < 1.29 is 18.8 Å². The van der Waals surface area contributed by atoms with Gasteiger partial charge in [0.05, 0.1) is 5.75 Å². The molecule has 28 heavy (non-hydrogen) atoms. The smallest absolute Gasteiger partial charge is 0.410 e. The number of anilines is 1. The van der Waals surface area contributed by atoms with E-state index in [9.17, 15) is 9.59 Å². The summed E-state index contributed by atoms with van der Waals surface area (Å²) in [6, 6.07) is 1.77. The van der Waals surface area contributed by atoms with Crippen molar-refractivity contribution in [3.63, 3.8) is 0 Å². The molecule has 1 fully saturated rings. The number of carbonyl (C=O) groups is 2. The molecule has 0 radical (unpaired) electrons. The maximum absolute atomic E-state index is 12.2. The van der Waals surface area contributed by atoms with Crippen LogP contribution in [0.4, 0.5) is 10.6 Å². The Kier molecular flexibility index (Phi) is 7.42. The van der Waals surface area contributed by atoms with E-state index in [-0.39, 0.29) is 17.4 Å². The summed E-state index contributed by atoms with van der Waals surface area (Å²) in [6.07, 6.45) is 1.78. The fourth-order valence-electron chi connectivity index (χ4n) is 2.88. The van der Waals surface area contributed by atoms with E-state index in [1.54, 1.807) is 22.7 Å². The van der Waals surface area contributed by atoms with Gasteiger partial charge in [0.25, 0.3) is 0 Å². The SMILES string of the molecule is CC(C)(C)OC(=O)N1CCCC(CSCC(=O)Nc2cc(C(C)(C)C)on2)C1. The molecule has 0 saturated carbocycles. The molecule has 1 N–H and O–H groups in total. The van der Waals surface area contributed by atoms with Crippen molar-refractivity contribution in [2.75, 3.05) is 29.9 Å². The van der Waals surface area contributed by atoms with Gasteiger partial charge in [-0.1, -0.05) is 25.9 Å². The molecular weight excluding hydrogens is 378 g/mol. The minimum Gasteiger partial charge on any atom is -0.444 e. The third kappa shape index (κ3) is 7.37. The molecular formula is C20H33N3O4S. The van der Waals surface area contributed by atoms with E-state index in [4.69, 9.17) is 9.26 Å². The van der Waals surface area contributed by atoms with Crippen LogP contribution in [0.25, 0.3) is 0 Å². The van der Waals surface area contributed by atoms with Crippen molar-refractivity contribution in [2.45, 2.75) is 65.4 Å². The predicted molar refractivity (Wildman–Crippen MR) is 112 cm³/mol. The Morgan fingerprint density at radius 2 is 2.04 bits per heavy atom. The van der Waals surface area contributed by atoms with Crippen molar-refractivity contribution >= 4 is 29.6 Å². The number of ether oxygens (including phenoxy) is 1. The summed E-state index contributed by atoms with van der Waals surface area (Å²) >= 11 is 1.58. The van der Waals surface area contributed by atoms with Crippen LogP contribution in [0.5, 0.6) is 0 Å². The first-order chi connectivity index (χ1) is 12.9. The zero-order chi connectivity index (χ0) is 20.9.